The molecule has 33 heavy (non-hydrogen) atoms. The SMILES string of the molecule is O=C(CSCc1coc(-c2ccccc2)n1)NCCc1ccc(OCC(=O)NC2CC2)cc1. The van der Waals surface area contributed by atoms with Crippen molar-refractivity contribution in [2.75, 3.05) is 18.9 Å². The molecule has 2 aromatic carbocycles. The van der Waals surface area contributed by atoms with E-state index < -0.39 is 0 Å². The quantitative estimate of drug-likeness (QED) is 0.425. The second-order valence-electron chi connectivity index (χ2n) is 7.88. The van der Waals surface area contributed by atoms with Crippen molar-refractivity contribution in [2.45, 2.75) is 31.1 Å². The average molecular weight is 466 g/mol. The Labute approximate surface area is 197 Å². The van der Waals surface area contributed by atoms with Gasteiger partial charge >= 0.3 is 0 Å². The van der Waals surface area contributed by atoms with Gasteiger partial charge in [-0.05, 0) is 49.1 Å². The van der Waals surface area contributed by atoms with Gasteiger partial charge in [0.25, 0.3) is 5.91 Å². The Bertz CT molecular complexity index is 1050. The minimum absolute atomic E-state index is 0.00611. The van der Waals surface area contributed by atoms with Crippen LogP contribution in [0.2, 0.25) is 0 Å². The first-order valence-corrected chi connectivity index (χ1v) is 12.2. The molecule has 0 aliphatic heterocycles. The molecule has 8 heteroatoms. The second-order valence-corrected chi connectivity index (χ2v) is 8.86. The predicted octanol–water partition coefficient (Wildman–Crippen LogP) is 3.59. The number of nitrogens with one attached hydrogen (secondary N) is 2. The summed E-state index contributed by atoms with van der Waals surface area (Å²) >= 11 is 1.50. The monoisotopic (exact) mass is 465 g/mol. The number of oxazole rings is 1. The van der Waals surface area contributed by atoms with Gasteiger partial charge in [0.1, 0.15) is 12.0 Å². The van der Waals surface area contributed by atoms with Crippen LogP contribution in [0.5, 0.6) is 5.75 Å². The first-order valence-electron chi connectivity index (χ1n) is 11.0. The van der Waals surface area contributed by atoms with E-state index in [1.165, 1.54) is 11.8 Å². The molecule has 4 rings (SSSR count). The maximum atomic E-state index is 12.1. The van der Waals surface area contributed by atoms with Gasteiger partial charge in [-0.2, -0.15) is 0 Å². The number of carbonyl (C=O) groups is 2. The van der Waals surface area contributed by atoms with Gasteiger partial charge in [-0.1, -0.05) is 30.3 Å². The lowest BCUT2D eigenvalue weighted by molar-refractivity contribution is -0.123. The van der Waals surface area contributed by atoms with E-state index in [9.17, 15) is 9.59 Å². The molecule has 2 amide bonds. The van der Waals surface area contributed by atoms with Crippen LogP contribution in [-0.4, -0.2) is 41.7 Å². The number of carbonyl (C=O) groups excluding carboxylic acids is 2. The summed E-state index contributed by atoms with van der Waals surface area (Å²) in [6.45, 7) is 0.594. The molecule has 1 aliphatic carbocycles. The number of nitrogens with zero attached hydrogens (tertiary/aromatic N) is 1. The molecule has 0 radical (unpaired) electrons. The van der Waals surface area contributed by atoms with Crippen molar-refractivity contribution >= 4 is 23.6 Å². The van der Waals surface area contributed by atoms with Gasteiger partial charge in [0, 0.05) is 23.9 Å². The van der Waals surface area contributed by atoms with Gasteiger partial charge in [-0.3, -0.25) is 9.59 Å². The molecule has 0 saturated heterocycles. The van der Waals surface area contributed by atoms with E-state index >= 15 is 0 Å². The van der Waals surface area contributed by atoms with E-state index in [1.807, 2.05) is 54.6 Å². The van der Waals surface area contributed by atoms with Crippen molar-refractivity contribution in [1.29, 1.82) is 0 Å². The highest BCUT2D eigenvalue weighted by Gasteiger charge is 2.23. The van der Waals surface area contributed by atoms with Crippen molar-refractivity contribution in [1.82, 2.24) is 15.6 Å². The van der Waals surface area contributed by atoms with Crippen LogP contribution in [0.1, 0.15) is 24.1 Å². The third-order valence-corrected chi connectivity index (χ3v) is 5.99. The molecule has 0 spiro atoms. The number of hydrogen-bond donors (Lipinski definition) is 2. The van der Waals surface area contributed by atoms with Gasteiger partial charge in [0.2, 0.25) is 11.8 Å². The topological polar surface area (TPSA) is 93.5 Å². The summed E-state index contributed by atoms with van der Waals surface area (Å²) in [4.78, 5) is 28.2. The normalized spacial score (nSPS) is 12.8. The third kappa shape index (κ3) is 7.68. The summed E-state index contributed by atoms with van der Waals surface area (Å²) in [5.74, 6) is 2.14. The zero-order chi connectivity index (χ0) is 22.9. The average Bonchev–Trinajstić information content (AvgIpc) is 3.52. The fourth-order valence-corrected chi connectivity index (χ4v) is 3.86. The molecule has 3 aromatic rings. The summed E-state index contributed by atoms with van der Waals surface area (Å²) in [5.41, 5.74) is 2.85. The summed E-state index contributed by atoms with van der Waals surface area (Å²) < 4.78 is 11.0. The largest absolute Gasteiger partial charge is 0.484 e. The van der Waals surface area contributed by atoms with Gasteiger partial charge < -0.3 is 19.8 Å². The minimum atomic E-state index is -0.0812. The zero-order valence-corrected chi connectivity index (χ0v) is 19.1. The fourth-order valence-electron chi connectivity index (χ4n) is 3.13. The van der Waals surface area contributed by atoms with Crippen LogP contribution in [-0.2, 0) is 21.8 Å². The predicted molar refractivity (Wildman–Crippen MR) is 128 cm³/mol. The van der Waals surface area contributed by atoms with Crippen LogP contribution in [0, 0.1) is 0 Å². The zero-order valence-electron chi connectivity index (χ0n) is 18.3. The fraction of sp³-hybridized carbons (Fsp3) is 0.320. The van der Waals surface area contributed by atoms with E-state index in [-0.39, 0.29) is 18.4 Å². The molecule has 1 aromatic heterocycles. The molecular formula is C25H27N3O4S. The maximum Gasteiger partial charge on any atom is 0.258 e. The number of ether oxygens (including phenoxy) is 1. The van der Waals surface area contributed by atoms with E-state index in [4.69, 9.17) is 9.15 Å². The Morgan fingerprint density at radius 2 is 1.85 bits per heavy atom. The van der Waals surface area contributed by atoms with Crippen LogP contribution in [0.4, 0.5) is 0 Å². The highest BCUT2D eigenvalue weighted by Crippen LogP contribution is 2.20. The Morgan fingerprint density at radius 1 is 1.06 bits per heavy atom. The third-order valence-electron chi connectivity index (χ3n) is 5.03. The molecule has 1 fully saturated rings. The molecule has 2 N–H and O–H groups in total. The molecule has 0 unspecified atom stereocenters. The number of amides is 2. The van der Waals surface area contributed by atoms with Crippen molar-refractivity contribution in [3.63, 3.8) is 0 Å². The molecule has 0 atom stereocenters. The molecule has 7 nitrogen and oxygen atoms in total. The van der Waals surface area contributed by atoms with Gasteiger partial charge in [0.05, 0.1) is 11.4 Å². The van der Waals surface area contributed by atoms with E-state index in [2.05, 4.69) is 15.6 Å². The first-order chi connectivity index (χ1) is 16.2. The standard InChI is InChI=1S/C25H27N3O4S/c29-23(27-20-8-9-20)15-31-22-10-6-18(7-11-22)12-13-26-24(30)17-33-16-21-14-32-25(28-21)19-4-2-1-3-5-19/h1-7,10-11,14,20H,8-9,12-13,15-17H2,(H,26,30)(H,27,29). The molecule has 1 saturated carbocycles. The van der Waals surface area contributed by atoms with Gasteiger partial charge in [0.15, 0.2) is 6.61 Å². The van der Waals surface area contributed by atoms with Crippen molar-refractivity contribution in [2.24, 2.45) is 0 Å². The van der Waals surface area contributed by atoms with E-state index in [0.29, 0.717) is 35.7 Å². The van der Waals surface area contributed by atoms with Gasteiger partial charge in [-0.15, -0.1) is 11.8 Å². The molecule has 0 bridgehead atoms. The van der Waals surface area contributed by atoms with Crippen LogP contribution in [0.3, 0.4) is 0 Å². The number of hydrogen-bond acceptors (Lipinski definition) is 6. The number of thioether (sulfide) groups is 1. The van der Waals surface area contributed by atoms with Crippen LogP contribution in [0.15, 0.2) is 65.3 Å². The van der Waals surface area contributed by atoms with Crippen molar-refractivity contribution < 1.29 is 18.7 Å². The van der Waals surface area contributed by atoms with Crippen LogP contribution >= 0.6 is 11.8 Å². The lowest BCUT2D eigenvalue weighted by atomic mass is 10.1. The van der Waals surface area contributed by atoms with Crippen LogP contribution in [0.25, 0.3) is 11.5 Å². The highest BCUT2D eigenvalue weighted by atomic mass is 32.2. The Morgan fingerprint density at radius 3 is 2.61 bits per heavy atom. The molecule has 1 aliphatic rings. The summed E-state index contributed by atoms with van der Waals surface area (Å²) in [6.07, 6.45) is 4.49. The summed E-state index contributed by atoms with van der Waals surface area (Å²) in [7, 11) is 0. The number of rotatable bonds is 12. The lowest BCUT2D eigenvalue weighted by Crippen LogP contribution is -2.30. The molecular weight excluding hydrogens is 438 g/mol. The van der Waals surface area contributed by atoms with E-state index in [1.54, 1.807) is 6.26 Å². The second kappa shape index (κ2) is 11.6. The Kier molecular flexibility index (Phi) is 8.03. The Balaban J connectivity index is 1.09. The number of aromatic nitrogens is 1. The van der Waals surface area contributed by atoms with E-state index in [0.717, 1.165) is 36.1 Å². The van der Waals surface area contributed by atoms with Crippen molar-refractivity contribution in [3.05, 3.63) is 72.1 Å². The number of benzene rings is 2. The Hall–Kier alpha value is -3.26. The highest BCUT2D eigenvalue weighted by molar-refractivity contribution is 7.99. The minimum Gasteiger partial charge on any atom is -0.484 e. The first kappa shape index (κ1) is 22.9. The molecule has 172 valence electrons. The maximum absolute atomic E-state index is 12.1. The summed E-state index contributed by atoms with van der Waals surface area (Å²) in [5, 5.41) is 5.83. The van der Waals surface area contributed by atoms with Crippen LogP contribution < -0.4 is 15.4 Å². The molecule has 1 heterocycles. The lowest BCUT2D eigenvalue weighted by Gasteiger charge is -2.08. The van der Waals surface area contributed by atoms with Gasteiger partial charge in [-0.25, -0.2) is 4.98 Å². The van der Waals surface area contributed by atoms with Crippen molar-refractivity contribution in [3.8, 4) is 17.2 Å². The smallest absolute Gasteiger partial charge is 0.258 e. The summed E-state index contributed by atoms with van der Waals surface area (Å²) in [6, 6.07) is 17.7.